The van der Waals surface area contributed by atoms with Crippen molar-refractivity contribution in [2.45, 2.75) is 10.6 Å². The first-order valence-corrected chi connectivity index (χ1v) is 4.52. The zero-order valence-electron chi connectivity index (χ0n) is 4.05. The summed E-state index contributed by atoms with van der Waals surface area (Å²) in [4.78, 5) is 20.5. The van der Waals surface area contributed by atoms with E-state index < -0.39 is 0 Å². The van der Waals surface area contributed by atoms with Crippen molar-refractivity contribution in [3.05, 3.63) is 0 Å². The summed E-state index contributed by atoms with van der Waals surface area (Å²) >= 11 is 0.173. The topological polar surface area (TPSA) is 43.4 Å². The molecule has 0 bridgehead atoms. The van der Waals surface area contributed by atoms with Gasteiger partial charge in [0.2, 0.25) is 0 Å². The van der Waals surface area contributed by atoms with E-state index in [9.17, 15) is 9.59 Å². The molecule has 1 heterocycles. The van der Waals surface area contributed by atoms with Gasteiger partial charge in [0.15, 0.2) is 0 Å². The van der Waals surface area contributed by atoms with Crippen LogP contribution < -0.4 is 0 Å². The Balaban J connectivity index is 2.45. The van der Waals surface area contributed by atoms with Crippen molar-refractivity contribution in [2.24, 2.45) is 0 Å². The first kappa shape index (κ1) is 5.79. The molecule has 4 heteroatoms. The predicted molar refractivity (Wildman–Crippen MR) is 26.5 cm³/mol. The van der Waals surface area contributed by atoms with Crippen LogP contribution in [0.4, 0.5) is 0 Å². The van der Waals surface area contributed by atoms with Crippen LogP contribution in [-0.2, 0) is 14.3 Å². The van der Waals surface area contributed by atoms with Gasteiger partial charge >= 0.3 is 51.9 Å². The van der Waals surface area contributed by atoms with Crippen molar-refractivity contribution in [1.82, 2.24) is 0 Å². The Morgan fingerprint density at radius 2 is 1.75 bits per heavy atom. The van der Waals surface area contributed by atoms with E-state index >= 15 is 0 Å². The van der Waals surface area contributed by atoms with Crippen LogP contribution in [0.15, 0.2) is 0 Å². The van der Waals surface area contributed by atoms with Crippen molar-refractivity contribution < 1.29 is 14.3 Å². The number of ether oxygens (including phenoxy) is 1. The summed E-state index contributed by atoms with van der Waals surface area (Å²) in [5.74, 6) is -0.720. The number of esters is 2. The maximum atomic E-state index is 10.2. The Bertz CT molecular complexity index is 117. The van der Waals surface area contributed by atoms with Gasteiger partial charge in [-0.2, -0.15) is 0 Å². The Morgan fingerprint density at radius 3 is 2.00 bits per heavy atom. The second-order valence-electron chi connectivity index (χ2n) is 1.34. The zero-order chi connectivity index (χ0) is 5.98. The fourth-order valence-corrected chi connectivity index (χ4v) is 1.56. The third-order valence-corrected chi connectivity index (χ3v) is 2.51. The van der Waals surface area contributed by atoms with E-state index in [-0.39, 0.29) is 26.9 Å². The van der Waals surface area contributed by atoms with Gasteiger partial charge in [-0.25, -0.2) is 0 Å². The molecular weight excluding hydrogens is 175 g/mol. The van der Waals surface area contributed by atoms with Crippen LogP contribution in [0, 0.1) is 0 Å². The number of hydrogen-bond acceptors (Lipinski definition) is 3. The van der Waals surface area contributed by atoms with Gasteiger partial charge < -0.3 is 0 Å². The Hall–Kier alpha value is -0.341. The molecule has 0 N–H and O–H groups in total. The predicted octanol–water partition coefficient (Wildman–Crippen LogP) is -0.389. The standard InChI is InChI=1S/C4H4O3Se/c5-3-1-8-2-4(6)7-3/h1-2H2. The third-order valence-electron chi connectivity index (χ3n) is 0.667. The first-order chi connectivity index (χ1) is 3.79. The minimum atomic E-state index is -0.360. The molecule has 1 saturated heterocycles. The van der Waals surface area contributed by atoms with Crippen LogP contribution in [0.2, 0.25) is 10.6 Å². The number of rotatable bonds is 0. The van der Waals surface area contributed by atoms with Gasteiger partial charge in [-0.15, -0.1) is 0 Å². The van der Waals surface area contributed by atoms with E-state index in [4.69, 9.17) is 0 Å². The van der Waals surface area contributed by atoms with Crippen LogP contribution in [0.5, 0.6) is 0 Å². The SMILES string of the molecule is O=C1C[Se]CC(=O)O1. The van der Waals surface area contributed by atoms with E-state index in [1.54, 1.807) is 0 Å². The molecule has 0 aromatic rings. The van der Waals surface area contributed by atoms with Gasteiger partial charge in [0, 0.05) is 0 Å². The van der Waals surface area contributed by atoms with Crippen molar-refractivity contribution in [1.29, 1.82) is 0 Å². The molecule has 0 radical (unpaired) electrons. The van der Waals surface area contributed by atoms with Crippen molar-refractivity contribution >= 4 is 26.9 Å². The second-order valence-corrected chi connectivity index (χ2v) is 3.41. The summed E-state index contributed by atoms with van der Waals surface area (Å²) in [6, 6.07) is 0. The molecule has 0 aromatic carbocycles. The van der Waals surface area contributed by atoms with E-state index in [2.05, 4.69) is 4.74 Å². The molecule has 3 nitrogen and oxygen atoms in total. The quantitative estimate of drug-likeness (QED) is 0.289. The first-order valence-electron chi connectivity index (χ1n) is 2.10. The molecule has 8 heavy (non-hydrogen) atoms. The van der Waals surface area contributed by atoms with Gasteiger partial charge in [0.25, 0.3) is 0 Å². The molecule has 0 aromatic heterocycles. The number of hydrogen-bond donors (Lipinski definition) is 0. The Morgan fingerprint density at radius 1 is 1.25 bits per heavy atom. The monoisotopic (exact) mass is 180 g/mol. The molecule has 0 spiro atoms. The van der Waals surface area contributed by atoms with Gasteiger partial charge in [-0.05, 0) is 0 Å². The van der Waals surface area contributed by atoms with Gasteiger partial charge in [-0.1, -0.05) is 0 Å². The van der Waals surface area contributed by atoms with E-state index in [1.165, 1.54) is 0 Å². The molecule has 0 atom stereocenters. The van der Waals surface area contributed by atoms with Crippen molar-refractivity contribution in [2.75, 3.05) is 0 Å². The van der Waals surface area contributed by atoms with E-state index in [1.807, 2.05) is 0 Å². The summed E-state index contributed by atoms with van der Waals surface area (Å²) in [7, 11) is 0. The molecule has 0 unspecified atom stereocenters. The van der Waals surface area contributed by atoms with Gasteiger partial charge in [0.1, 0.15) is 0 Å². The summed E-state index contributed by atoms with van der Waals surface area (Å²) in [5.41, 5.74) is 0. The molecule has 1 fully saturated rings. The van der Waals surface area contributed by atoms with E-state index in [0.717, 1.165) is 0 Å². The average Bonchev–Trinajstić information content (AvgIpc) is 1.64. The van der Waals surface area contributed by atoms with Crippen molar-refractivity contribution in [3.63, 3.8) is 0 Å². The van der Waals surface area contributed by atoms with Crippen LogP contribution >= 0.6 is 0 Å². The molecule has 44 valence electrons. The zero-order valence-corrected chi connectivity index (χ0v) is 5.76. The van der Waals surface area contributed by atoms with Crippen LogP contribution in [0.1, 0.15) is 0 Å². The number of carbonyl (C=O) groups is 2. The summed E-state index contributed by atoms with van der Waals surface area (Å²) in [6.45, 7) is 0. The Labute approximate surface area is 52.5 Å². The van der Waals surface area contributed by atoms with Gasteiger partial charge in [-0.3, -0.25) is 0 Å². The minimum absolute atomic E-state index is 0.173. The average molecular weight is 179 g/mol. The second kappa shape index (κ2) is 2.29. The third kappa shape index (κ3) is 1.32. The van der Waals surface area contributed by atoms with E-state index in [0.29, 0.717) is 10.6 Å². The maximum absolute atomic E-state index is 10.2. The molecular formula is C4H4O3Se. The number of cyclic esters (lactones) is 2. The van der Waals surface area contributed by atoms with Crippen LogP contribution in [0.25, 0.3) is 0 Å². The van der Waals surface area contributed by atoms with Crippen LogP contribution in [-0.4, -0.2) is 26.9 Å². The molecule has 0 aliphatic carbocycles. The normalized spacial score (nSPS) is 20.5. The molecule has 0 saturated carbocycles. The van der Waals surface area contributed by atoms with Crippen molar-refractivity contribution in [3.8, 4) is 0 Å². The summed E-state index contributed by atoms with van der Waals surface area (Å²) < 4.78 is 4.22. The summed E-state index contributed by atoms with van der Waals surface area (Å²) in [5, 5.41) is 0.914. The number of carbonyl (C=O) groups excluding carboxylic acids is 2. The van der Waals surface area contributed by atoms with Crippen LogP contribution in [0.3, 0.4) is 0 Å². The fraction of sp³-hybridized carbons (Fsp3) is 0.500. The van der Waals surface area contributed by atoms with Gasteiger partial charge in [0.05, 0.1) is 0 Å². The molecule has 0 amide bonds. The molecule has 1 rings (SSSR count). The molecule has 1 aliphatic heterocycles. The Kier molecular flexibility index (Phi) is 1.65. The fourth-order valence-electron chi connectivity index (χ4n) is 0.404. The molecule has 1 aliphatic rings. The summed E-state index contributed by atoms with van der Waals surface area (Å²) in [6.07, 6.45) is 0.